The van der Waals surface area contributed by atoms with Crippen LogP contribution in [0.1, 0.15) is 28.4 Å². The quantitative estimate of drug-likeness (QED) is 0.889. The Labute approximate surface area is 135 Å². The maximum atomic E-state index is 12.4. The van der Waals surface area contributed by atoms with Crippen LogP contribution < -0.4 is 10.6 Å². The van der Waals surface area contributed by atoms with Gasteiger partial charge in [-0.05, 0) is 42.3 Å². The number of anilines is 2. The van der Waals surface area contributed by atoms with Gasteiger partial charge in [0.05, 0.1) is 6.61 Å². The molecular weight excluding hydrogens is 292 g/mol. The first-order valence-electron chi connectivity index (χ1n) is 7.27. The van der Waals surface area contributed by atoms with E-state index in [-0.39, 0.29) is 11.8 Å². The standard InChI is InChI=1S/C18H20N2O3/c1-12-16(19-13(2)21)8-5-9-17(12)20-18(22)15-7-4-6-14(10-15)11-23-3/h4-10H,11H2,1-3H3,(H,19,21)(H,20,22). The van der Waals surface area contributed by atoms with Gasteiger partial charge in [-0.2, -0.15) is 0 Å². The molecule has 2 N–H and O–H groups in total. The lowest BCUT2D eigenvalue weighted by Crippen LogP contribution is -2.14. The molecule has 0 spiro atoms. The Hall–Kier alpha value is -2.66. The highest BCUT2D eigenvalue weighted by Crippen LogP contribution is 2.24. The number of ether oxygens (including phenoxy) is 1. The van der Waals surface area contributed by atoms with Gasteiger partial charge in [0.1, 0.15) is 0 Å². The second-order valence-corrected chi connectivity index (χ2v) is 5.25. The second kappa shape index (κ2) is 7.56. The summed E-state index contributed by atoms with van der Waals surface area (Å²) in [5.74, 6) is -0.352. The molecule has 120 valence electrons. The molecule has 2 rings (SSSR count). The Balaban J connectivity index is 2.20. The van der Waals surface area contributed by atoms with Crippen molar-refractivity contribution in [2.45, 2.75) is 20.5 Å². The van der Waals surface area contributed by atoms with E-state index in [0.717, 1.165) is 11.1 Å². The predicted octanol–water partition coefficient (Wildman–Crippen LogP) is 3.35. The fourth-order valence-electron chi connectivity index (χ4n) is 2.26. The summed E-state index contributed by atoms with van der Waals surface area (Å²) in [5.41, 5.74) is 3.65. The summed E-state index contributed by atoms with van der Waals surface area (Å²) in [5, 5.41) is 5.62. The molecule has 0 unspecified atom stereocenters. The van der Waals surface area contributed by atoms with Crippen LogP contribution in [0, 0.1) is 6.92 Å². The molecule has 0 aromatic heterocycles. The summed E-state index contributed by atoms with van der Waals surface area (Å²) in [6, 6.07) is 12.7. The summed E-state index contributed by atoms with van der Waals surface area (Å²) < 4.78 is 5.08. The molecule has 0 fully saturated rings. The van der Waals surface area contributed by atoms with E-state index in [9.17, 15) is 9.59 Å². The number of rotatable bonds is 5. The van der Waals surface area contributed by atoms with Crippen LogP contribution in [-0.4, -0.2) is 18.9 Å². The highest BCUT2D eigenvalue weighted by Gasteiger charge is 2.10. The molecule has 2 aromatic carbocycles. The molecule has 0 heterocycles. The number of methoxy groups -OCH3 is 1. The van der Waals surface area contributed by atoms with Gasteiger partial charge in [-0.15, -0.1) is 0 Å². The lowest BCUT2D eigenvalue weighted by molar-refractivity contribution is -0.114. The smallest absolute Gasteiger partial charge is 0.255 e. The van der Waals surface area contributed by atoms with Gasteiger partial charge in [0, 0.05) is 31.0 Å². The van der Waals surface area contributed by atoms with Gasteiger partial charge in [0.2, 0.25) is 5.91 Å². The van der Waals surface area contributed by atoms with Crippen LogP contribution in [0.3, 0.4) is 0 Å². The van der Waals surface area contributed by atoms with Crippen molar-refractivity contribution in [3.63, 3.8) is 0 Å². The molecule has 23 heavy (non-hydrogen) atoms. The Morgan fingerprint density at radius 1 is 1.04 bits per heavy atom. The van der Waals surface area contributed by atoms with Gasteiger partial charge >= 0.3 is 0 Å². The zero-order chi connectivity index (χ0) is 16.8. The third-order valence-corrected chi connectivity index (χ3v) is 3.39. The molecule has 0 atom stereocenters. The Kier molecular flexibility index (Phi) is 5.49. The molecule has 2 aromatic rings. The first kappa shape index (κ1) is 16.7. The van der Waals surface area contributed by atoms with E-state index in [1.54, 1.807) is 37.4 Å². The van der Waals surface area contributed by atoms with Crippen LogP contribution in [0.15, 0.2) is 42.5 Å². The van der Waals surface area contributed by atoms with E-state index >= 15 is 0 Å². The molecule has 5 nitrogen and oxygen atoms in total. The van der Waals surface area contributed by atoms with Crippen LogP contribution >= 0.6 is 0 Å². The average molecular weight is 312 g/mol. The lowest BCUT2D eigenvalue weighted by Gasteiger charge is -2.13. The highest BCUT2D eigenvalue weighted by atomic mass is 16.5. The molecule has 0 saturated carbocycles. The van der Waals surface area contributed by atoms with Crippen molar-refractivity contribution in [2.24, 2.45) is 0 Å². The van der Waals surface area contributed by atoms with Crippen LogP contribution in [-0.2, 0) is 16.1 Å². The summed E-state index contributed by atoms with van der Waals surface area (Å²) in [7, 11) is 1.61. The highest BCUT2D eigenvalue weighted by molar-refractivity contribution is 6.05. The monoisotopic (exact) mass is 312 g/mol. The van der Waals surface area contributed by atoms with Gasteiger partial charge in [0.15, 0.2) is 0 Å². The molecule has 0 bridgehead atoms. The number of carbonyl (C=O) groups is 2. The first-order valence-corrected chi connectivity index (χ1v) is 7.27. The van der Waals surface area contributed by atoms with Gasteiger partial charge in [-0.1, -0.05) is 18.2 Å². The van der Waals surface area contributed by atoms with E-state index in [4.69, 9.17) is 4.74 Å². The molecule has 0 aliphatic heterocycles. The van der Waals surface area contributed by atoms with Crippen LogP contribution in [0.4, 0.5) is 11.4 Å². The van der Waals surface area contributed by atoms with Gasteiger partial charge in [-0.25, -0.2) is 0 Å². The van der Waals surface area contributed by atoms with Gasteiger partial charge in [0.25, 0.3) is 5.91 Å². The second-order valence-electron chi connectivity index (χ2n) is 5.25. The van der Waals surface area contributed by atoms with Gasteiger partial charge < -0.3 is 15.4 Å². The Bertz CT molecular complexity index is 726. The average Bonchev–Trinajstić information content (AvgIpc) is 2.51. The fraction of sp³-hybridized carbons (Fsp3) is 0.222. The molecule has 0 radical (unpaired) electrons. The number of amides is 2. The maximum Gasteiger partial charge on any atom is 0.255 e. The van der Waals surface area contributed by atoms with Crippen molar-refractivity contribution >= 4 is 23.2 Å². The predicted molar refractivity (Wildman–Crippen MR) is 90.6 cm³/mol. The maximum absolute atomic E-state index is 12.4. The van der Waals surface area contributed by atoms with Crippen molar-refractivity contribution in [3.8, 4) is 0 Å². The third kappa shape index (κ3) is 4.40. The van der Waals surface area contributed by atoms with E-state index in [2.05, 4.69) is 10.6 Å². The number of hydrogen-bond acceptors (Lipinski definition) is 3. The largest absolute Gasteiger partial charge is 0.380 e. The molecule has 2 amide bonds. The molecule has 0 aliphatic carbocycles. The van der Waals surface area contributed by atoms with Crippen molar-refractivity contribution in [3.05, 3.63) is 59.2 Å². The molecule has 0 aliphatic rings. The summed E-state index contributed by atoms with van der Waals surface area (Å²) >= 11 is 0. The van der Waals surface area contributed by atoms with E-state index in [0.29, 0.717) is 23.5 Å². The molecule has 0 saturated heterocycles. The first-order chi connectivity index (χ1) is 11.0. The molecule has 5 heteroatoms. The minimum atomic E-state index is -0.203. The fourth-order valence-corrected chi connectivity index (χ4v) is 2.26. The van der Waals surface area contributed by atoms with E-state index < -0.39 is 0 Å². The van der Waals surface area contributed by atoms with Crippen molar-refractivity contribution < 1.29 is 14.3 Å². The minimum absolute atomic E-state index is 0.149. The number of nitrogens with one attached hydrogen (secondary N) is 2. The van der Waals surface area contributed by atoms with Crippen molar-refractivity contribution in [2.75, 3.05) is 17.7 Å². The molecular formula is C18H20N2O3. The zero-order valence-corrected chi connectivity index (χ0v) is 13.5. The summed E-state index contributed by atoms with van der Waals surface area (Å²) in [6.45, 7) is 3.76. The van der Waals surface area contributed by atoms with Crippen LogP contribution in [0.25, 0.3) is 0 Å². The van der Waals surface area contributed by atoms with Crippen LogP contribution in [0.2, 0.25) is 0 Å². The Morgan fingerprint density at radius 3 is 2.35 bits per heavy atom. The lowest BCUT2D eigenvalue weighted by atomic mass is 10.1. The zero-order valence-electron chi connectivity index (χ0n) is 13.5. The summed E-state index contributed by atoms with van der Waals surface area (Å²) in [4.78, 5) is 23.6. The normalized spacial score (nSPS) is 10.2. The minimum Gasteiger partial charge on any atom is -0.380 e. The van der Waals surface area contributed by atoms with Crippen LogP contribution in [0.5, 0.6) is 0 Å². The van der Waals surface area contributed by atoms with E-state index in [1.165, 1.54) is 6.92 Å². The number of hydrogen-bond donors (Lipinski definition) is 2. The van der Waals surface area contributed by atoms with Crippen molar-refractivity contribution in [1.82, 2.24) is 0 Å². The number of benzene rings is 2. The third-order valence-electron chi connectivity index (χ3n) is 3.39. The van der Waals surface area contributed by atoms with Gasteiger partial charge in [-0.3, -0.25) is 9.59 Å². The topological polar surface area (TPSA) is 67.4 Å². The number of carbonyl (C=O) groups excluding carboxylic acids is 2. The summed E-state index contributed by atoms with van der Waals surface area (Å²) in [6.07, 6.45) is 0. The SMILES string of the molecule is COCc1cccc(C(=O)Nc2cccc(NC(C)=O)c2C)c1. The van der Waals surface area contributed by atoms with E-state index in [1.807, 2.05) is 19.1 Å². The Morgan fingerprint density at radius 2 is 1.70 bits per heavy atom. The van der Waals surface area contributed by atoms with Crippen molar-refractivity contribution in [1.29, 1.82) is 0 Å².